The summed E-state index contributed by atoms with van der Waals surface area (Å²) in [6.45, 7) is 1.30. The van der Waals surface area contributed by atoms with Gasteiger partial charge in [0.05, 0.1) is 21.2 Å². The smallest absolute Gasteiger partial charge is 0.309 e. The monoisotopic (exact) mass is 448 g/mol. The summed E-state index contributed by atoms with van der Waals surface area (Å²) >= 11 is 5.66. The lowest BCUT2D eigenvalue weighted by Crippen LogP contribution is -2.13. The van der Waals surface area contributed by atoms with E-state index in [2.05, 4.69) is 15.2 Å². The molecule has 0 aliphatic carbocycles. The number of hydrogen-bond acceptors (Lipinski definition) is 5. The minimum Gasteiger partial charge on any atom is -0.309 e. The van der Waals surface area contributed by atoms with Crippen LogP contribution >= 0.6 is 11.6 Å². The van der Waals surface area contributed by atoms with E-state index in [1.807, 2.05) is 0 Å². The number of pyridine rings is 1. The van der Waals surface area contributed by atoms with Gasteiger partial charge in [0.15, 0.2) is 21.5 Å². The molecule has 0 saturated carbocycles. The highest BCUT2D eigenvalue weighted by Crippen LogP contribution is 2.34. The lowest BCUT2D eigenvalue weighted by molar-refractivity contribution is -0.138. The van der Waals surface area contributed by atoms with Gasteiger partial charge in [-0.2, -0.15) is 13.2 Å². The van der Waals surface area contributed by atoms with E-state index in [1.54, 1.807) is 0 Å². The molecule has 154 valence electrons. The highest BCUT2D eigenvalue weighted by Gasteiger charge is 2.34. The second-order valence-electron chi connectivity index (χ2n) is 6.01. The first-order chi connectivity index (χ1) is 13.5. The fraction of sp³-hybridized carbons (Fsp3) is 0.235. The fourth-order valence-corrected chi connectivity index (χ4v) is 3.76. The van der Waals surface area contributed by atoms with E-state index in [0.29, 0.717) is 17.8 Å². The van der Waals surface area contributed by atoms with E-state index < -0.39 is 38.0 Å². The Morgan fingerprint density at radius 2 is 1.79 bits per heavy atom. The molecular weight excluding hydrogens is 436 g/mol. The minimum atomic E-state index is -4.77. The van der Waals surface area contributed by atoms with Crippen molar-refractivity contribution < 1.29 is 26.0 Å². The Labute approximate surface area is 168 Å². The molecule has 0 bridgehead atoms. The number of halogens is 5. The van der Waals surface area contributed by atoms with Crippen LogP contribution in [0, 0.1) is 5.82 Å². The first-order valence-electron chi connectivity index (χ1n) is 8.11. The Morgan fingerprint density at radius 3 is 2.38 bits per heavy atom. The molecule has 6 nitrogen and oxygen atoms in total. The van der Waals surface area contributed by atoms with Crippen LogP contribution in [-0.2, 0) is 23.1 Å². The first kappa shape index (κ1) is 21.2. The largest absolute Gasteiger partial charge is 0.417 e. The van der Waals surface area contributed by atoms with Gasteiger partial charge in [-0.3, -0.25) is 4.98 Å². The van der Waals surface area contributed by atoms with E-state index >= 15 is 0 Å². The van der Waals surface area contributed by atoms with Crippen molar-refractivity contribution in [2.75, 3.05) is 5.75 Å². The van der Waals surface area contributed by atoms with Gasteiger partial charge in [0.2, 0.25) is 0 Å². The van der Waals surface area contributed by atoms with E-state index in [4.69, 9.17) is 11.6 Å². The number of hydrogen-bond donors (Lipinski definition) is 0. The summed E-state index contributed by atoms with van der Waals surface area (Å²) in [5.74, 6) is -1.07. The van der Waals surface area contributed by atoms with Crippen LogP contribution in [0.25, 0.3) is 22.9 Å². The molecule has 0 atom stereocenters. The van der Waals surface area contributed by atoms with E-state index in [9.17, 15) is 26.0 Å². The molecule has 12 heteroatoms. The molecule has 0 N–H and O–H groups in total. The molecule has 0 spiro atoms. The Balaban J connectivity index is 2.21. The predicted molar refractivity (Wildman–Crippen MR) is 97.4 cm³/mol. The molecule has 1 aromatic carbocycles. The zero-order chi connectivity index (χ0) is 21.6. The zero-order valence-electron chi connectivity index (χ0n) is 15.0. The second kappa shape index (κ2) is 7.38. The van der Waals surface area contributed by atoms with Crippen molar-refractivity contribution in [3.05, 3.63) is 46.9 Å². The molecule has 0 amide bonds. The summed E-state index contributed by atoms with van der Waals surface area (Å²) in [6, 6.07) is 4.42. The van der Waals surface area contributed by atoms with Crippen LogP contribution in [0.3, 0.4) is 0 Å². The molecular formula is C17H13ClF4N4O2S. The van der Waals surface area contributed by atoms with Crippen LogP contribution in [0.2, 0.25) is 5.02 Å². The first-order valence-corrected chi connectivity index (χ1v) is 10.1. The standard InChI is InChI=1S/C17H13ClF4N4O2S/c1-3-29(27,28)13-7-10(17(20,21)22)8-23-14(13)16-25-24-15(26(16)2)9-4-5-11(18)12(19)6-9/h4-8H,3H2,1-2H3. The second-order valence-corrected chi connectivity index (χ2v) is 8.66. The van der Waals surface area contributed by atoms with Crippen molar-refractivity contribution >= 4 is 21.4 Å². The summed E-state index contributed by atoms with van der Waals surface area (Å²) in [7, 11) is -2.61. The Bertz CT molecular complexity index is 1190. The van der Waals surface area contributed by atoms with Crippen LogP contribution in [0.4, 0.5) is 17.6 Å². The highest BCUT2D eigenvalue weighted by molar-refractivity contribution is 7.91. The van der Waals surface area contributed by atoms with Crippen LogP contribution < -0.4 is 0 Å². The maximum atomic E-state index is 13.8. The minimum absolute atomic E-state index is 0.0869. The maximum Gasteiger partial charge on any atom is 0.417 e. The number of sulfone groups is 1. The highest BCUT2D eigenvalue weighted by atomic mass is 35.5. The molecule has 3 rings (SSSR count). The number of rotatable bonds is 4. The summed E-state index contributed by atoms with van der Waals surface area (Å²) in [5.41, 5.74) is -1.19. The lowest BCUT2D eigenvalue weighted by Gasteiger charge is -2.12. The van der Waals surface area contributed by atoms with Crippen LogP contribution in [0.5, 0.6) is 0 Å². The SMILES string of the molecule is CCS(=O)(=O)c1cc(C(F)(F)F)cnc1-c1nnc(-c2ccc(Cl)c(F)c2)n1C. The van der Waals surface area contributed by atoms with Crippen molar-refractivity contribution in [3.8, 4) is 22.9 Å². The molecule has 29 heavy (non-hydrogen) atoms. The van der Waals surface area contributed by atoms with Crippen LogP contribution in [0.15, 0.2) is 35.4 Å². The average molecular weight is 449 g/mol. The van der Waals surface area contributed by atoms with Crippen LogP contribution in [0.1, 0.15) is 12.5 Å². The van der Waals surface area contributed by atoms with Crippen molar-refractivity contribution in [1.82, 2.24) is 19.7 Å². The van der Waals surface area contributed by atoms with Gasteiger partial charge in [-0.25, -0.2) is 12.8 Å². The third-order valence-electron chi connectivity index (χ3n) is 4.16. The van der Waals surface area contributed by atoms with E-state index in [-0.39, 0.29) is 22.4 Å². The van der Waals surface area contributed by atoms with Gasteiger partial charge in [-0.1, -0.05) is 18.5 Å². The number of alkyl halides is 3. The number of benzene rings is 1. The van der Waals surface area contributed by atoms with Gasteiger partial charge >= 0.3 is 6.18 Å². The molecule has 0 radical (unpaired) electrons. The molecule has 0 unspecified atom stereocenters. The van der Waals surface area contributed by atoms with E-state index in [1.165, 1.54) is 30.7 Å². The third kappa shape index (κ3) is 3.97. The molecule has 0 aliphatic heterocycles. The van der Waals surface area contributed by atoms with Gasteiger partial charge in [-0.15, -0.1) is 10.2 Å². The zero-order valence-corrected chi connectivity index (χ0v) is 16.6. The fourth-order valence-electron chi connectivity index (χ4n) is 2.58. The molecule has 0 saturated heterocycles. The van der Waals surface area contributed by atoms with E-state index in [0.717, 1.165) is 6.07 Å². The summed E-state index contributed by atoms with van der Waals surface area (Å²) in [6.07, 6.45) is -4.24. The summed E-state index contributed by atoms with van der Waals surface area (Å²) in [5, 5.41) is 7.66. The van der Waals surface area contributed by atoms with Gasteiger partial charge in [0, 0.05) is 18.8 Å². The quantitative estimate of drug-likeness (QED) is 0.560. The predicted octanol–water partition coefficient (Wildman–Crippen LogP) is 4.15. The van der Waals surface area contributed by atoms with Crippen molar-refractivity contribution in [2.24, 2.45) is 7.05 Å². The molecule has 3 aromatic rings. The average Bonchev–Trinajstić information content (AvgIpc) is 3.04. The van der Waals surface area contributed by atoms with Crippen LogP contribution in [-0.4, -0.2) is 33.9 Å². The Kier molecular flexibility index (Phi) is 5.39. The molecule has 0 aliphatic rings. The molecule has 2 heterocycles. The normalized spacial score (nSPS) is 12.4. The Hall–Kier alpha value is -2.53. The number of nitrogens with zero attached hydrogens (tertiary/aromatic N) is 4. The molecule has 0 fully saturated rings. The summed E-state index contributed by atoms with van der Waals surface area (Å²) < 4.78 is 79.1. The maximum absolute atomic E-state index is 13.8. The molecule has 2 aromatic heterocycles. The van der Waals surface area contributed by atoms with Gasteiger partial charge < -0.3 is 4.57 Å². The number of aromatic nitrogens is 4. The Morgan fingerprint density at radius 1 is 1.14 bits per heavy atom. The summed E-state index contributed by atoms with van der Waals surface area (Å²) in [4.78, 5) is 3.10. The third-order valence-corrected chi connectivity index (χ3v) is 6.21. The van der Waals surface area contributed by atoms with Gasteiger partial charge in [0.25, 0.3) is 0 Å². The lowest BCUT2D eigenvalue weighted by atomic mass is 10.2. The van der Waals surface area contributed by atoms with Gasteiger partial charge in [-0.05, 0) is 24.3 Å². The van der Waals surface area contributed by atoms with Crippen molar-refractivity contribution in [1.29, 1.82) is 0 Å². The van der Waals surface area contributed by atoms with Crippen molar-refractivity contribution in [3.63, 3.8) is 0 Å². The topological polar surface area (TPSA) is 77.7 Å². The van der Waals surface area contributed by atoms with Gasteiger partial charge in [0.1, 0.15) is 11.5 Å². The van der Waals surface area contributed by atoms with Crippen molar-refractivity contribution in [2.45, 2.75) is 18.0 Å².